The molecule has 7 nitrogen and oxygen atoms in total. The van der Waals surface area contributed by atoms with Crippen LogP contribution in [0.5, 0.6) is 5.75 Å². The Hall–Kier alpha value is -3.87. The van der Waals surface area contributed by atoms with E-state index in [4.69, 9.17) is 4.74 Å². The van der Waals surface area contributed by atoms with Gasteiger partial charge in [-0.2, -0.15) is 0 Å². The molecule has 176 valence electrons. The molecule has 1 fully saturated rings. The van der Waals surface area contributed by atoms with Gasteiger partial charge in [-0.15, -0.1) is 0 Å². The van der Waals surface area contributed by atoms with Crippen LogP contribution in [-0.2, 0) is 11.3 Å². The molecule has 7 heteroatoms. The molecule has 2 heterocycles. The molecule has 0 saturated carbocycles. The number of aromatic nitrogens is 1. The molecule has 0 radical (unpaired) electrons. The molecule has 0 unspecified atom stereocenters. The Morgan fingerprint density at radius 2 is 1.91 bits per heavy atom. The maximum atomic E-state index is 13.5. The van der Waals surface area contributed by atoms with Crippen LogP contribution in [0, 0.1) is 6.92 Å². The summed E-state index contributed by atoms with van der Waals surface area (Å²) in [4.78, 5) is 33.6. The van der Waals surface area contributed by atoms with E-state index < -0.39 is 0 Å². The molecule has 1 aliphatic rings. The summed E-state index contributed by atoms with van der Waals surface area (Å²) in [5.74, 6) is 0.726. The zero-order valence-electron chi connectivity index (χ0n) is 19.8. The van der Waals surface area contributed by atoms with E-state index in [1.165, 1.54) is 0 Å². The zero-order valence-corrected chi connectivity index (χ0v) is 19.8. The molecule has 0 bridgehead atoms. The van der Waals surface area contributed by atoms with Crippen LogP contribution in [0.15, 0.2) is 67.0 Å². The Kier molecular flexibility index (Phi) is 7.11. The molecule has 2 aromatic carbocycles. The molecule has 0 aliphatic carbocycles. The average Bonchev–Trinajstić information content (AvgIpc) is 2.88. The lowest BCUT2D eigenvalue weighted by atomic mass is 10.0. The van der Waals surface area contributed by atoms with Crippen LogP contribution >= 0.6 is 0 Å². The average molecular weight is 459 g/mol. The van der Waals surface area contributed by atoms with E-state index in [1.807, 2.05) is 77.5 Å². The van der Waals surface area contributed by atoms with Crippen LogP contribution in [0.2, 0.25) is 0 Å². The predicted octanol–water partition coefficient (Wildman–Crippen LogP) is 4.06. The first kappa shape index (κ1) is 23.3. The van der Waals surface area contributed by atoms with Gasteiger partial charge in [-0.1, -0.05) is 24.3 Å². The van der Waals surface area contributed by atoms with E-state index in [-0.39, 0.29) is 17.9 Å². The molecule has 3 aromatic rings. The van der Waals surface area contributed by atoms with Gasteiger partial charge in [-0.25, -0.2) is 0 Å². The van der Waals surface area contributed by atoms with Gasteiger partial charge in [0.05, 0.1) is 13.2 Å². The fourth-order valence-electron chi connectivity index (χ4n) is 4.28. The molecule has 1 saturated heterocycles. The number of nitrogens with zero attached hydrogens (tertiary/aromatic N) is 3. The summed E-state index contributed by atoms with van der Waals surface area (Å²) in [5, 5.41) is 3.42. The molecule has 4 rings (SSSR count). The van der Waals surface area contributed by atoms with Crippen LogP contribution in [0.25, 0.3) is 0 Å². The zero-order chi connectivity index (χ0) is 24.1. The van der Waals surface area contributed by atoms with Crippen molar-refractivity contribution in [1.29, 1.82) is 0 Å². The number of hydrogen-bond acceptors (Lipinski definition) is 5. The van der Waals surface area contributed by atoms with Gasteiger partial charge in [0.25, 0.3) is 5.91 Å². The summed E-state index contributed by atoms with van der Waals surface area (Å²) in [6.07, 6.45) is 3.57. The summed E-state index contributed by atoms with van der Waals surface area (Å²) in [6.45, 7) is 5.66. The number of anilines is 1. The van der Waals surface area contributed by atoms with Gasteiger partial charge in [0.1, 0.15) is 5.75 Å². The SMILES string of the molecule is COc1ccc([C@@H]2CN(C(=O)c3ccc(C)c(NCc4cccnc4)c3)CCN2C(C)=O)cc1. The second kappa shape index (κ2) is 10.4. The molecule has 34 heavy (non-hydrogen) atoms. The number of carbonyl (C=O) groups is 2. The number of methoxy groups -OCH3 is 1. The van der Waals surface area contributed by atoms with Gasteiger partial charge in [-0.05, 0) is 53.9 Å². The van der Waals surface area contributed by atoms with Crippen molar-refractivity contribution in [1.82, 2.24) is 14.8 Å². The lowest BCUT2D eigenvalue weighted by Crippen LogP contribution is -2.51. The number of ether oxygens (including phenoxy) is 1. The second-order valence-corrected chi connectivity index (χ2v) is 8.50. The Morgan fingerprint density at radius 3 is 2.59 bits per heavy atom. The quantitative estimate of drug-likeness (QED) is 0.603. The molecule has 1 aliphatic heterocycles. The highest BCUT2D eigenvalue weighted by molar-refractivity contribution is 5.95. The van der Waals surface area contributed by atoms with Crippen LogP contribution in [0.4, 0.5) is 5.69 Å². The molecular formula is C27H30N4O3. The van der Waals surface area contributed by atoms with Crippen molar-refractivity contribution < 1.29 is 14.3 Å². The summed E-state index contributed by atoms with van der Waals surface area (Å²) < 4.78 is 5.26. The third-order valence-corrected chi connectivity index (χ3v) is 6.26. The fraction of sp³-hybridized carbons (Fsp3) is 0.296. The molecule has 1 N–H and O–H groups in total. The van der Waals surface area contributed by atoms with Crippen LogP contribution in [-0.4, -0.2) is 53.3 Å². The largest absolute Gasteiger partial charge is 0.497 e. The predicted molar refractivity (Wildman–Crippen MR) is 132 cm³/mol. The van der Waals surface area contributed by atoms with E-state index in [2.05, 4.69) is 10.3 Å². The molecule has 2 amide bonds. The molecule has 1 atom stereocenters. The van der Waals surface area contributed by atoms with Gasteiger partial charge in [-0.3, -0.25) is 14.6 Å². The highest BCUT2D eigenvalue weighted by atomic mass is 16.5. The number of benzene rings is 2. The van der Waals surface area contributed by atoms with E-state index in [0.717, 1.165) is 28.1 Å². The Balaban J connectivity index is 1.52. The van der Waals surface area contributed by atoms with Crippen molar-refractivity contribution in [2.45, 2.75) is 26.4 Å². The number of carbonyl (C=O) groups excluding carboxylic acids is 2. The minimum atomic E-state index is -0.199. The van der Waals surface area contributed by atoms with Crippen molar-refractivity contribution >= 4 is 17.5 Å². The number of nitrogens with one attached hydrogen (secondary N) is 1. The smallest absolute Gasteiger partial charge is 0.254 e. The third-order valence-electron chi connectivity index (χ3n) is 6.26. The van der Waals surface area contributed by atoms with E-state index >= 15 is 0 Å². The normalized spacial score (nSPS) is 15.7. The Labute approximate surface area is 200 Å². The lowest BCUT2D eigenvalue weighted by molar-refractivity contribution is -0.133. The fourth-order valence-corrected chi connectivity index (χ4v) is 4.28. The minimum absolute atomic E-state index is 0.00476. The Morgan fingerprint density at radius 1 is 1.12 bits per heavy atom. The number of rotatable bonds is 6. The summed E-state index contributed by atoms with van der Waals surface area (Å²) >= 11 is 0. The first-order valence-electron chi connectivity index (χ1n) is 11.4. The van der Waals surface area contributed by atoms with Crippen molar-refractivity contribution in [3.05, 3.63) is 89.2 Å². The van der Waals surface area contributed by atoms with Gasteiger partial charge in [0.15, 0.2) is 0 Å². The van der Waals surface area contributed by atoms with Gasteiger partial charge in [0.2, 0.25) is 5.91 Å². The van der Waals surface area contributed by atoms with Crippen LogP contribution < -0.4 is 10.1 Å². The molecule has 1 aromatic heterocycles. The summed E-state index contributed by atoms with van der Waals surface area (Å²) in [7, 11) is 1.62. The maximum absolute atomic E-state index is 13.5. The first-order chi connectivity index (χ1) is 16.5. The van der Waals surface area contributed by atoms with Crippen molar-refractivity contribution in [2.24, 2.45) is 0 Å². The number of hydrogen-bond donors (Lipinski definition) is 1. The van der Waals surface area contributed by atoms with Crippen molar-refractivity contribution in [3.8, 4) is 5.75 Å². The van der Waals surface area contributed by atoms with Gasteiger partial charge >= 0.3 is 0 Å². The summed E-state index contributed by atoms with van der Waals surface area (Å²) in [5.41, 5.74) is 4.67. The number of amides is 2. The molecule has 0 spiro atoms. The first-order valence-corrected chi connectivity index (χ1v) is 11.4. The third kappa shape index (κ3) is 5.20. The molecular weight excluding hydrogens is 428 g/mol. The number of piperazine rings is 1. The van der Waals surface area contributed by atoms with Gasteiger partial charge < -0.3 is 19.9 Å². The monoisotopic (exact) mass is 458 g/mol. The maximum Gasteiger partial charge on any atom is 0.254 e. The highest BCUT2D eigenvalue weighted by Crippen LogP contribution is 2.28. The van der Waals surface area contributed by atoms with E-state index in [0.29, 0.717) is 31.7 Å². The Bertz CT molecular complexity index is 1150. The minimum Gasteiger partial charge on any atom is -0.497 e. The highest BCUT2D eigenvalue weighted by Gasteiger charge is 2.32. The van der Waals surface area contributed by atoms with E-state index in [9.17, 15) is 9.59 Å². The van der Waals surface area contributed by atoms with Crippen molar-refractivity contribution in [3.63, 3.8) is 0 Å². The summed E-state index contributed by atoms with van der Waals surface area (Å²) in [6, 6.07) is 17.1. The van der Waals surface area contributed by atoms with Crippen LogP contribution in [0.3, 0.4) is 0 Å². The number of aryl methyl sites for hydroxylation is 1. The van der Waals surface area contributed by atoms with Crippen molar-refractivity contribution in [2.75, 3.05) is 32.1 Å². The second-order valence-electron chi connectivity index (χ2n) is 8.50. The van der Waals surface area contributed by atoms with Gasteiger partial charge in [0, 0.05) is 56.7 Å². The van der Waals surface area contributed by atoms with E-state index in [1.54, 1.807) is 20.2 Å². The number of pyridine rings is 1. The topological polar surface area (TPSA) is 74.8 Å². The lowest BCUT2D eigenvalue weighted by Gasteiger charge is -2.41. The standard InChI is InChI=1S/C27H30N4O3/c1-19-6-7-23(15-25(19)29-17-21-5-4-12-28-16-21)27(33)30-13-14-31(20(2)32)26(18-30)22-8-10-24(34-3)11-9-22/h4-12,15-16,26,29H,13-14,17-18H2,1-3H3/t26-/m0/s1. The van der Waals surface area contributed by atoms with Crippen LogP contribution in [0.1, 0.15) is 40.0 Å².